The van der Waals surface area contributed by atoms with Crippen molar-refractivity contribution in [2.24, 2.45) is 0 Å². The molecule has 0 saturated carbocycles. The van der Waals surface area contributed by atoms with E-state index >= 15 is 0 Å². The molecule has 0 bridgehead atoms. The number of rotatable bonds is 1. The Balaban J connectivity index is 1.94. The van der Waals surface area contributed by atoms with Gasteiger partial charge in [-0.25, -0.2) is 13.2 Å². The van der Waals surface area contributed by atoms with Gasteiger partial charge in [0.2, 0.25) is 0 Å². The van der Waals surface area contributed by atoms with Crippen molar-refractivity contribution < 1.29 is 18.3 Å². The molecule has 0 fully saturated rings. The van der Waals surface area contributed by atoms with Crippen LogP contribution in [-0.4, -0.2) is 11.3 Å². The average molecular weight is 378 g/mol. The second-order valence-electron chi connectivity index (χ2n) is 6.86. The normalized spacial score (nSPS) is 26.9. The summed E-state index contributed by atoms with van der Waals surface area (Å²) in [6.07, 6.45) is -3.48. The van der Waals surface area contributed by atoms with Gasteiger partial charge < -0.3 is 5.11 Å². The van der Waals surface area contributed by atoms with Gasteiger partial charge in [-0.3, -0.25) is 0 Å². The van der Waals surface area contributed by atoms with Crippen LogP contribution in [0.25, 0.3) is 0 Å². The molecule has 0 radical (unpaired) electrons. The van der Waals surface area contributed by atoms with Gasteiger partial charge in [0.05, 0.1) is 11.6 Å². The maximum atomic E-state index is 14.4. The third kappa shape index (κ3) is 2.52. The van der Waals surface area contributed by atoms with Crippen LogP contribution in [0.1, 0.15) is 64.4 Å². The highest BCUT2D eigenvalue weighted by Gasteiger charge is 2.38. The molecule has 2 aliphatic carbocycles. The number of aliphatic hydroxyl groups is 1. The van der Waals surface area contributed by atoms with Gasteiger partial charge in [0, 0.05) is 22.9 Å². The van der Waals surface area contributed by atoms with Crippen LogP contribution in [0.15, 0.2) is 24.3 Å². The lowest BCUT2D eigenvalue weighted by atomic mass is 9.74. The van der Waals surface area contributed by atoms with Crippen LogP contribution in [0.4, 0.5) is 13.2 Å². The molecule has 0 aliphatic heterocycles. The SMILES string of the molecule is N#Cc1cc(F)cc2c1[C@@H](c1ccc(Cl)c3c1C[C@@H](F)[C@H]3O)CC[C@@H]2F. The average Bonchev–Trinajstić information content (AvgIpc) is 2.92. The van der Waals surface area contributed by atoms with Crippen molar-refractivity contribution in [3.63, 3.8) is 0 Å². The molecule has 1 N–H and O–H groups in total. The monoisotopic (exact) mass is 377 g/mol. The summed E-state index contributed by atoms with van der Waals surface area (Å²) in [7, 11) is 0. The first kappa shape index (κ1) is 17.4. The largest absolute Gasteiger partial charge is 0.385 e. The highest BCUT2D eigenvalue weighted by atomic mass is 35.5. The molecule has 4 atom stereocenters. The Kier molecular flexibility index (Phi) is 4.21. The van der Waals surface area contributed by atoms with Crippen molar-refractivity contribution in [3.8, 4) is 6.07 Å². The topological polar surface area (TPSA) is 44.0 Å². The van der Waals surface area contributed by atoms with Crippen molar-refractivity contribution in [1.29, 1.82) is 5.26 Å². The smallest absolute Gasteiger partial charge is 0.134 e. The van der Waals surface area contributed by atoms with E-state index in [2.05, 4.69) is 0 Å². The quantitative estimate of drug-likeness (QED) is 0.741. The summed E-state index contributed by atoms with van der Waals surface area (Å²) in [5.41, 5.74) is 2.41. The van der Waals surface area contributed by atoms with Gasteiger partial charge in [0.1, 0.15) is 24.3 Å². The lowest BCUT2D eigenvalue weighted by molar-refractivity contribution is 0.0926. The lowest BCUT2D eigenvalue weighted by Crippen LogP contribution is -2.17. The van der Waals surface area contributed by atoms with Gasteiger partial charge in [-0.2, -0.15) is 5.26 Å². The van der Waals surface area contributed by atoms with E-state index in [4.69, 9.17) is 11.6 Å². The van der Waals surface area contributed by atoms with E-state index < -0.39 is 24.3 Å². The molecule has 134 valence electrons. The zero-order valence-electron chi connectivity index (χ0n) is 13.6. The third-order valence-electron chi connectivity index (χ3n) is 5.44. The fourth-order valence-corrected chi connectivity index (χ4v) is 4.61. The minimum Gasteiger partial charge on any atom is -0.385 e. The van der Waals surface area contributed by atoms with Gasteiger partial charge in [-0.05, 0) is 53.3 Å². The Morgan fingerprint density at radius 2 is 1.88 bits per heavy atom. The minimum atomic E-state index is -1.45. The summed E-state index contributed by atoms with van der Waals surface area (Å²) in [6, 6.07) is 7.53. The van der Waals surface area contributed by atoms with E-state index in [9.17, 15) is 23.5 Å². The number of halogens is 4. The Bertz CT molecular complexity index is 940. The first-order chi connectivity index (χ1) is 12.4. The Hall–Kier alpha value is -2.03. The predicted octanol–water partition coefficient (Wildman–Crippen LogP) is 5.21. The van der Waals surface area contributed by atoms with Crippen LogP contribution in [0, 0.1) is 17.1 Å². The zero-order valence-corrected chi connectivity index (χ0v) is 14.4. The molecule has 0 heterocycles. The van der Waals surface area contributed by atoms with Gasteiger partial charge in [-0.15, -0.1) is 0 Å². The van der Waals surface area contributed by atoms with Gasteiger partial charge in [-0.1, -0.05) is 17.7 Å². The maximum Gasteiger partial charge on any atom is 0.134 e. The van der Waals surface area contributed by atoms with E-state index in [0.717, 1.165) is 17.7 Å². The van der Waals surface area contributed by atoms with Crippen LogP contribution in [0.3, 0.4) is 0 Å². The van der Waals surface area contributed by atoms with Crippen LogP contribution in [0.2, 0.25) is 5.02 Å². The number of alkyl halides is 2. The molecule has 2 nitrogen and oxygen atoms in total. The van der Waals surface area contributed by atoms with E-state index in [1.54, 1.807) is 12.1 Å². The fraction of sp³-hybridized carbons (Fsp3) is 0.350. The molecule has 26 heavy (non-hydrogen) atoms. The minimum absolute atomic E-state index is 0.0142. The Labute approximate surface area is 153 Å². The molecule has 2 aromatic rings. The summed E-state index contributed by atoms with van der Waals surface area (Å²) in [5.74, 6) is -1.01. The second-order valence-corrected chi connectivity index (χ2v) is 7.27. The van der Waals surface area contributed by atoms with Crippen molar-refractivity contribution in [2.45, 2.75) is 43.6 Å². The Morgan fingerprint density at radius 3 is 2.62 bits per heavy atom. The summed E-state index contributed by atoms with van der Waals surface area (Å²) in [5, 5.41) is 19.8. The number of hydrogen-bond donors (Lipinski definition) is 1. The third-order valence-corrected chi connectivity index (χ3v) is 5.77. The first-order valence-corrected chi connectivity index (χ1v) is 8.81. The van der Waals surface area contributed by atoms with Crippen molar-refractivity contribution in [1.82, 2.24) is 0 Å². The number of fused-ring (bicyclic) bond motifs is 2. The van der Waals surface area contributed by atoms with Crippen molar-refractivity contribution in [2.75, 3.05) is 0 Å². The van der Waals surface area contributed by atoms with Crippen molar-refractivity contribution in [3.05, 3.63) is 68.5 Å². The Morgan fingerprint density at radius 1 is 1.12 bits per heavy atom. The standard InChI is InChI=1S/C20H15ClF3NO/c21-15-3-1-11(13-7-17(24)20(26)19(13)15)12-2-4-16(23)14-6-10(22)5-9(8-25)18(12)14/h1,3,5-6,12,16-17,20,26H,2,4,7H2/t12-,16+,17-,20-/m1/s1. The molecule has 0 aromatic heterocycles. The molecule has 0 unspecified atom stereocenters. The van der Waals surface area contributed by atoms with Crippen molar-refractivity contribution >= 4 is 11.6 Å². The van der Waals surface area contributed by atoms with Crippen LogP contribution < -0.4 is 0 Å². The van der Waals surface area contributed by atoms with Crippen LogP contribution in [0.5, 0.6) is 0 Å². The molecule has 4 rings (SSSR count). The molecule has 0 amide bonds. The highest BCUT2D eigenvalue weighted by Crippen LogP contribution is 2.49. The van der Waals surface area contributed by atoms with E-state index in [1.165, 1.54) is 0 Å². The summed E-state index contributed by atoms with van der Waals surface area (Å²) in [6.45, 7) is 0. The number of nitrogens with zero attached hydrogens (tertiary/aromatic N) is 1. The fourth-order valence-electron chi connectivity index (χ4n) is 4.32. The maximum absolute atomic E-state index is 14.4. The molecule has 6 heteroatoms. The molecule has 0 saturated heterocycles. The summed E-state index contributed by atoms with van der Waals surface area (Å²) >= 11 is 6.15. The second kappa shape index (κ2) is 6.29. The van der Waals surface area contributed by atoms with Crippen LogP contribution >= 0.6 is 11.6 Å². The van der Waals surface area contributed by atoms with E-state index in [1.807, 2.05) is 6.07 Å². The number of aliphatic hydroxyl groups excluding tert-OH is 1. The zero-order chi connectivity index (χ0) is 18.6. The highest BCUT2D eigenvalue weighted by molar-refractivity contribution is 6.31. The van der Waals surface area contributed by atoms with Gasteiger partial charge in [0.15, 0.2) is 0 Å². The predicted molar refractivity (Wildman–Crippen MR) is 91.1 cm³/mol. The molecular formula is C20H15ClF3NO. The van der Waals surface area contributed by atoms with Gasteiger partial charge >= 0.3 is 0 Å². The molecule has 2 aromatic carbocycles. The van der Waals surface area contributed by atoms with E-state index in [0.29, 0.717) is 23.1 Å². The number of benzene rings is 2. The lowest BCUT2D eigenvalue weighted by Gasteiger charge is -2.30. The number of nitriles is 1. The summed E-state index contributed by atoms with van der Waals surface area (Å²) in [4.78, 5) is 0. The number of hydrogen-bond acceptors (Lipinski definition) is 2. The van der Waals surface area contributed by atoms with Gasteiger partial charge in [0.25, 0.3) is 0 Å². The molecule has 0 spiro atoms. The first-order valence-electron chi connectivity index (χ1n) is 8.43. The molecule has 2 aliphatic rings. The summed E-state index contributed by atoms with van der Waals surface area (Å²) < 4.78 is 42.4. The molecular weight excluding hydrogens is 363 g/mol. The van der Waals surface area contributed by atoms with Crippen LogP contribution in [-0.2, 0) is 6.42 Å². The van der Waals surface area contributed by atoms with E-state index in [-0.39, 0.29) is 34.9 Å².